The molecule has 0 aliphatic rings. The third-order valence-electron chi connectivity index (χ3n) is 3.02. The summed E-state index contributed by atoms with van der Waals surface area (Å²) in [5, 5.41) is 13.8. The van der Waals surface area contributed by atoms with Gasteiger partial charge >= 0.3 is 18.0 Å². The number of amides is 2. The lowest BCUT2D eigenvalue weighted by atomic mass is 9.97. The highest BCUT2D eigenvalue weighted by Crippen LogP contribution is 2.14. The predicted molar refractivity (Wildman–Crippen MR) is 73.3 cm³/mol. The first kappa shape index (κ1) is 18.2. The monoisotopic (exact) mass is 288 g/mol. The number of methoxy groups -OCH3 is 1. The average Bonchev–Trinajstić information content (AvgIpc) is 2.42. The maximum absolute atomic E-state index is 11.4. The van der Waals surface area contributed by atoms with E-state index in [2.05, 4.69) is 15.4 Å². The molecule has 0 saturated heterocycles. The van der Waals surface area contributed by atoms with Gasteiger partial charge in [0.15, 0.2) is 0 Å². The summed E-state index contributed by atoms with van der Waals surface area (Å²) >= 11 is 0. The number of hydrogen-bond acceptors (Lipinski definition) is 4. The number of hydrogen-bond donors (Lipinski definition) is 3. The summed E-state index contributed by atoms with van der Waals surface area (Å²) in [6.45, 7) is 2.72. The Morgan fingerprint density at radius 1 is 1.10 bits per heavy atom. The van der Waals surface area contributed by atoms with E-state index in [0.29, 0.717) is 18.9 Å². The Hall–Kier alpha value is -1.79. The van der Waals surface area contributed by atoms with Crippen molar-refractivity contribution >= 4 is 18.0 Å². The Morgan fingerprint density at radius 3 is 2.30 bits per heavy atom. The lowest BCUT2D eigenvalue weighted by Gasteiger charge is -2.14. The Balaban J connectivity index is 3.67. The molecule has 7 heteroatoms. The fraction of sp³-hybridized carbons (Fsp3) is 0.769. The molecule has 1 unspecified atom stereocenters. The van der Waals surface area contributed by atoms with Crippen LogP contribution >= 0.6 is 0 Å². The number of carbonyl (C=O) groups is 3. The van der Waals surface area contributed by atoms with E-state index in [1.165, 1.54) is 7.11 Å². The molecule has 7 nitrogen and oxygen atoms in total. The van der Waals surface area contributed by atoms with Crippen LogP contribution in [-0.4, -0.2) is 43.3 Å². The number of aliphatic carboxylic acids is 1. The minimum Gasteiger partial charge on any atom is -0.481 e. The highest BCUT2D eigenvalue weighted by Gasteiger charge is 2.09. The fourth-order valence-corrected chi connectivity index (χ4v) is 1.71. The molecule has 0 aliphatic heterocycles. The van der Waals surface area contributed by atoms with Gasteiger partial charge in [-0.1, -0.05) is 13.3 Å². The highest BCUT2D eigenvalue weighted by atomic mass is 16.5. The zero-order valence-corrected chi connectivity index (χ0v) is 12.1. The molecule has 0 spiro atoms. The zero-order valence-electron chi connectivity index (χ0n) is 12.1. The largest absolute Gasteiger partial charge is 0.481 e. The van der Waals surface area contributed by atoms with Gasteiger partial charge in [0, 0.05) is 19.5 Å². The van der Waals surface area contributed by atoms with Crippen LogP contribution in [0.3, 0.4) is 0 Å². The van der Waals surface area contributed by atoms with Gasteiger partial charge in [-0.05, 0) is 18.8 Å². The van der Waals surface area contributed by atoms with Crippen molar-refractivity contribution in [2.45, 2.75) is 39.0 Å². The summed E-state index contributed by atoms with van der Waals surface area (Å²) in [4.78, 5) is 32.7. The second kappa shape index (κ2) is 11.1. The van der Waals surface area contributed by atoms with Crippen molar-refractivity contribution in [3.63, 3.8) is 0 Å². The molecule has 20 heavy (non-hydrogen) atoms. The second-order valence-electron chi connectivity index (χ2n) is 4.50. The maximum Gasteiger partial charge on any atom is 0.314 e. The van der Waals surface area contributed by atoms with E-state index in [4.69, 9.17) is 5.11 Å². The van der Waals surface area contributed by atoms with Gasteiger partial charge in [-0.25, -0.2) is 4.79 Å². The van der Waals surface area contributed by atoms with E-state index in [1.807, 2.05) is 6.92 Å². The van der Waals surface area contributed by atoms with Gasteiger partial charge in [0.05, 0.1) is 13.5 Å². The number of nitrogens with one attached hydrogen (secondary N) is 2. The van der Waals surface area contributed by atoms with Crippen molar-refractivity contribution < 1.29 is 24.2 Å². The van der Waals surface area contributed by atoms with Crippen molar-refractivity contribution in [1.82, 2.24) is 10.6 Å². The van der Waals surface area contributed by atoms with Gasteiger partial charge in [-0.2, -0.15) is 0 Å². The van der Waals surface area contributed by atoms with Gasteiger partial charge in [0.25, 0.3) is 0 Å². The molecule has 0 aromatic heterocycles. The summed E-state index contributed by atoms with van der Waals surface area (Å²) < 4.78 is 4.45. The van der Waals surface area contributed by atoms with Gasteiger partial charge < -0.3 is 20.5 Å². The van der Waals surface area contributed by atoms with E-state index < -0.39 is 5.97 Å². The molecule has 3 N–H and O–H groups in total. The van der Waals surface area contributed by atoms with Crippen molar-refractivity contribution in [1.29, 1.82) is 0 Å². The number of carbonyl (C=O) groups excluding carboxylic acids is 2. The summed E-state index contributed by atoms with van der Waals surface area (Å²) in [7, 11) is 1.30. The van der Waals surface area contributed by atoms with Crippen molar-refractivity contribution in [3.8, 4) is 0 Å². The maximum atomic E-state index is 11.4. The van der Waals surface area contributed by atoms with Crippen molar-refractivity contribution in [3.05, 3.63) is 0 Å². The van der Waals surface area contributed by atoms with Gasteiger partial charge in [0.2, 0.25) is 0 Å². The zero-order chi connectivity index (χ0) is 15.4. The molecule has 0 aliphatic carbocycles. The molecule has 0 fully saturated rings. The third-order valence-corrected chi connectivity index (χ3v) is 3.02. The molecular weight excluding hydrogens is 264 g/mol. The highest BCUT2D eigenvalue weighted by molar-refractivity contribution is 5.75. The van der Waals surface area contributed by atoms with Gasteiger partial charge in [-0.15, -0.1) is 0 Å². The Morgan fingerprint density at radius 2 is 1.75 bits per heavy atom. The van der Waals surface area contributed by atoms with E-state index in [9.17, 15) is 14.4 Å². The second-order valence-corrected chi connectivity index (χ2v) is 4.50. The van der Waals surface area contributed by atoms with Crippen LogP contribution in [0.2, 0.25) is 0 Å². The number of rotatable bonds is 10. The van der Waals surface area contributed by atoms with Crippen LogP contribution in [0.1, 0.15) is 39.0 Å². The van der Waals surface area contributed by atoms with Crippen LogP contribution < -0.4 is 10.6 Å². The molecule has 0 bridgehead atoms. The van der Waals surface area contributed by atoms with Crippen LogP contribution in [0.15, 0.2) is 0 Å². The van der Waals surface area contributed by atoms with Crippen LogP contribution in [0.25, 0.3) is 0 Å². The molecule has 0 aromatic rings. The Kier molecular flexibility index (Phi) is 10.1. The van der Waals surface area contributed by atoms with Crippen LogP contribution in [0.4, 0.5) is 4.79 Å². The lowest BCUT2D eigenvalue weighted by molar-refractivity contribution is -0.140. The number of ether oxygens (including phenoxy) is 1. The van der Waals surface area contributed by atoms with Crippen LogP contribution in [0.5, 0.6) is 0 Å². The SMILES string of the molecule is CCC(CCNC(=O)NCCC(=O)OC)CCC(=O)O. The number of esters is 1. The molecule has 0 heterocycles. The smallest absolute Gasteiger partial charge is 0.314 e. The predicted octanol–water partition coefficient (Wildman–Crippen LogP) is 1.13. The summed E-state index contributed by atoms with van der Waals surface area (Å²) in [6, 6.07) is -0.331. The van der Waals surface area contributed by atoms with E-state index in [-0.39, 0.29) is 31.4 Å². The van der Waals surface area contributed by atoms with Crippen LogP contribution in [0, 0.1) is 5.92 Å². The van der Waals surface area contributed by atoms with Crippen LogP contribution in [-0.2, 0) is 14.3 Å². The van der Waals surface area contributed by atoms with E-state index in [0.717, 1.165) is 12.8 Å². The Labute approximate surface area is 119 Å². The standard InChI is InChI=1S/C13H24N2O5/c1-3-10(4-5-11(16)17)6-8-14-13(19)15-9-7-12(18)20-2/h10H,3-9H2,1-2H3,(H,16,17)(H2,14,15,19). The molecule has 0 radical (unpaired) electrons. The summed E-state index contributed by atoms with van der Waals surface area (Å²) in [5.74, 6) is -0.872. The third kappa shape index (κ3) is 10.2. The topological polar surface area (TPSA) is 105 Å². The van der Waals surface area contributed by atoms with Gasteiger partial charge in [-0.3, -0.25) is 9.59 Å². The molecule has 1 atom stereocenters. The van der Waals surface area contributed by atoms with E-state index >= 15 is 0 Å². The summed E-state index contributed by atoms with van der Waals surface area (Å²) in [5.41, 5.74) is 0. The molecule has 0 saturated carbocycles. The van der Waals surface area contributed by atoms with Crippen molar-refractivity contribution in [2.75, 3.05) is 20.2 Å². The minimum absolute atomic E-state index is 0.139. The first-order valence-corrected chi connectivity index (χ1v) is 6.79. The van der Waals surface area contributed by atoms with E-state index in [1.54, 1.807) is 0 Å². The molecule has 116 valence electrons. The average molecular weight is 288 g/mol. The molecule has 0 aromatic carbocycles. The summed E-state index contributed by atoms with van der Waals surface area (Å²) in [6.07, 6.45) is 2.55. The lowest BCUT2D eigenvalue weighted by Crippen LogP contribution is -2.37. The molecule has 2 amide bonds. The molecular formula is C13H24N2O5. The first-order valence-electron chi connectivity index (χ1n) is 6.79. The fourth-order valence-electron chi connectivity index (χ4n) is 1.71. The molecule has 0 rings (SSSR count). The number of carboxylic acids is 1. The Bertz CT molecular complexity index is 320. The first-order chi connectivity index (χ1) is 9.49. The van der Waals surface area contributed by atoms with Gasteiger partial charge in [0.1, 0.15) is 0 Å². The normalized spacial score (nSPS) is 11.5. The minimum atomic E-state index is -0.794. The number of carboxylic acid groups (broad SMARTS) is 1. The quantitative estimate of drug-likeness (QED) is 0.523. The number of urea groups is 1. The van der Waals surface area contributed by atoms with Crippen molar-refractivity contribution in [2.24, 2.45) is 5.92 Å².